The first-order valence-corrected chi connectivity index (χ1v) is 11.5. The molecule has 0 bridgehead atoms. The van der Waals surface area contributed by atoms with Gasteiger partial charge in [0.25, 0.3) is 0 Å². The second kappa shape index (κ2) is 9.87. The molecule has 2 heterocycles. The van der Waals surface area contributed by atoms with Crippen LogP contribution in [-0.2, 0) is 11.3 Å². The summed E-state index contributed by atoms with van der Waals surface area (Å²) >= 11 is 1.43. The minimum absolute atomic E-state index is 0.0407. The second-order valence-electron chi connectivity index (χ2n) is 7.45. The Hall–Kier alpha value is -3.32. The molecule has 1 unspecified atom stereocenters. The summed E-state index contributed by atoms with van der Waals surface area (Å²) in [5.41, 5.74) is 2.93. The number of carbonyl (C=O) groups excluding carboxylic acids is 1. The maximum atomic E-state index is 13.3. The minimum Gasteiger partial charge on any atom is -0.469 e. The maximum Gasteiger partial charge on any atom is 0.240 e. The van der Waals surface area contributed by atoms with Crippen LogP contribution in [0.3, 0.4) is 0 Å². The zero-order chi connectivity index (χ0) is 22.5. The van der Waals surface area contributed by atoms with Gasteiger partial charge in [-0.2, -0.15) is 0 Å². The van der Waals surface area contributed by atoms with E-state index < -0.39 is 0 Å². The Morgan fingerprint density at radius 2 is 1.75 bits per heavy atom. The summed E-state index contributed by atoms with van der Waals surface area (Å²) in [5, 5.41) is 9.29. The van der Waals surface area contributed by atoms with Crippen LogP contribution < -0.4 is 4.90 Å². The van der Waals surface area contributed by atoms with Crippen molar-refractivity contribution in [1.29, 1.82) is 0 Å². The van der Waals surface area contributed by atoms with Crippen LogP contribution in [0.1, 0.15) is 25.2 Å². The van der Waals surface area contributed by atoms with Crippen LogP contribution in [0.5, 0.6) is 0 Å². The average Bonchev–Trinajstić information content (AvgIpc) is 3.41. The zero-order valence-electron chi connectivity index (χ0n) is 18.4. The van der Waals surface area contributed by atoms with Gasteiger partial charge in [-0.3, -0.25) is 9.36 Å². The molecule has 0 aliphatic rings. The van der Waals surface area contributed by atoms with Crippen LogP contribution in [0.2, 0.25) is 0 Å². The van der Waals surface area contributed by atoms with E-state index in [0.717, 1.165) is 28.4 Å². The molecular formula is C25H26N4O2S. The number of hydrogen-bond acceptors (Lipinski definition) is 5. The number of furan rings is 1. The Bertz CT molecular complexity index is 1170. The first kappa shape index (κ1) is 21.9. The average molecular weight is 447 g/mol. The predicted octanol–water partition coefficient (Wildman–Crippen LogP) is 5.43. The molecule has 0 spiro atoms. The number of benzene rings is 2. The van der Waals surface area contributed by atoms with Gasteiger partial charge in [-0.05, 0) is 44.5 Å². The van der Waals surface area contributed by atoms with Gasteiger partial charge in [-0.1, -0.05) is 60.3 Å². The third-order valence-corrected chi connectivity index (χ3v) is 6.35. The van der Waals surface area contributed by atoms with E-state index in [1.54, 1.807) is 11.2 Å². The Labute approximate surface area is 192 Å². The fourth-order valence-corrected chi connectivity index (χ4v) is 4.51. The van der Waals surface area contributed by atoms with Crippen molar-refractivity contribution in [1.82, 2.24) is 14.8 Å². The molecule has 1 amide bonds. The molecule has 0 saturated carbocycles. The number of para-hydroxylation sites is 1. The molecule has 6 nitrogen and oxygen atoms in total. The standard InChI is InChI=1S/C25H26N4O2S/c1-4-28(21-13-9-6-10-14-21)24(30)19(3)32-25-27-26-23(22-15-16-31-18(22)2)29(25)17-20-11-7-5-8-12-20/h5-16,19H,4,17H2,1-3H3. The molecule has 0 saturated heterocycles. The summed E-state index contributed by atoms with van der Waals surface area (Å²) in [7, 11) is 0. The number of carbonyl (C=O) groups is 1. The fraction of sp³-hybridized carbons (Fsp3) is 0.240. The van der Waals surface area contributed by atoms with Gasteiger partial charge < -0.3 is 9.32 Å². The van der Waals surface area contributed by atoms with Crippen LogP contribution in [0.4, 0.5) is 5.69 Å². The molecule has 32 heavy (non-hydrogen) atoms. The van der Waals surface area contributed by atoms with E-state index in [0.29, 0.717) is 18.2 Å². The van der Waals surface area contributed by atoms with E-state index in [2.05, 4.69) is 26.9 Å². The van der Waals surface area contributed by atoms with Crippen molar-refractivity contribution < 1.29 is 9.21 Å². The highest BCUT2D eigenvalue weighted by atomic mass is 32.2. The lowest BCUT2D eigenvalue weighted by molar-refractivity contribution is -0.117. The molecule has 0 aliphatic carbocycles. The van der Waals surface area contributed by atoms with E-state index in [-0.39, 0.29) is 11.2 Å². The number of aromatic nitrogens is 3. The molecule has 1 atom stereocenters. The third kappa shape index (κ3) is 4.62. The molecule has 0 radical (unpaired) electrons. The highest BCUT2D eigenvalue weighted by molar-refractivity contribution is 8.00. The van der Waals surface area contributed by atoms with Crippen LogP contribution in [0.25, 0.3) is 11.4 Å². The Balaban J connectivity index is 1.63. The van der Waals surface area contributed by atoms with Crippen molar-refractivity contribution in [3.63, 3.8) is 0 Å². The Morgan fingerprint density at radius 3 is 2.38 bits per heavy atom. The molecule has 0 fully saturated rings. The number of hydrogen-bond donors (Lipinski definition) is 0. The molecule has 2 aromatic carbocycles. The summed E-state index contributed by atoms with van der Waals surface area (Å²) in [6, 6.07) is 21.8. The van der Waals surface area contributed by atoms with Crippen molar-refractivity contribution in [3.05, 3.63) is 84.3 Å². The molecule has 164 valence electrons. The molecule has 0 N–H and O–H groups in total. The summed E-state index contributed by atoms with van der Waals surface area (Å²) in [6.07, 6.45) is 1.66. The van der Waals surface area contributed by atoms with Gasteiger partial charge in [-0.25, -0.2) is 0 Å². The maximum absolute atomic E-state index is 13.3. The van der Waals surface area contributed by atoms with Gasteiger partial charge in [0.1, 0.15) is 5.76 Å². The zero-order valence-corrected chi connectivity index (χ0v) is 19.2. The molecule has 7 heteroatoms. The first-order chi connectivity index (χ1) is 15.6. The number of aryl methyl sites for hydroxylation is 1. The summed E-state index contributed by atoms with van der Waals surface area (Å²) in [5.74, 6) is 1.56. The van der Waals surface area contributed by atoms with Gasteiger partial charge in [0.15, 0.2) is 11.0 Å². The first-order valence-electron chi connectivity index (χ1n) is 10.6. The minimum atomic E-state index is -0.327. The highest BCUT2D eigenvalue weighted by Crippen LogP contribution is 2.31. The summed E-state index contributed by atoms with van der Waals surface area (Å²) in [6.45, 7) is 7.02. The number of amides is 1. The Kier molecular flexibility index (Phi) is 6.75. The monoisotopic (exact) mass is 446 g/mol. The predicted molar refractivity (Wildman–Crippen MR) is 128 cm³/mol. The number of rotatable bonds is 8. The number of nitrogens with zero attached hydrogens (tertiary/aromatic N) is 4. The van der Waals surface area contributed by atoms with Gasteiger partial charge in [0.2, 0.25) is 5.91 Å². The van der Waals surface area contributed by atoms with Crippen LogP contribution >= 0.6 is 11.8 Å². The summed E-state index contributed by atoms with van der Waals surface area (Å²) in [4.78, 5) is 15.1. The lowest BCUT2D eigenvalue weighted by Gasteiger charge is -2.24. The highest BCUT2D eigenvalue weighted by Gasteiger charge is 2.25. The topological polar surface area (TPSA) is 64.2 Å². The van der Waals surface area contributed by atoms with Gasteiger partial charge in [-0.15, -0.1) is 10.2 Å². The lowest BCUT2D eigenvalue weighted by atomic mass is 10.2. The molecule has 0 aliphatic heterocycles. The van der Waals surface area contributed by atoms with Crippen molar-refractivity contribution >= 4 is 23.4 Å². The quantitative estimate of drug-likeness (QED) is 0.338. The van der Waals surface area contributed by atoms with Gasteiger partial charge in [0, 0.05) is 12.2 Å². The second-order valence-corrected chi connectivity index (χ2v) is 8.75. The van der Waals surface area contributed by atoms with E-state index in [9.17, 15) is 4.79 Å². The number of anilines is 1. The molecule has 2 aromatic heterocycles. The summed E-state index contributed by atoms with van der Waals surface area (Å²) < 4.78 is 7.55. The lowest BCUT2D eigenvalue weighted by Crippen LogP contribution is -2.36. The van der Waals surface area contributed by atoms with E-state index in [1.807, 2.05) is 75.4 Å². The van der Waals surface area contributed by atoms with Crippen LogP contribution in [0.15, 0.2) is 82.6 Å². The van der Waals surface area contributed by atoms with E-state index >= 15 is 0 Å². The normalized spacial score (nSPS) is 12.0. The van der Waals surface area contributed by atoms with Gasteiger partial charge in [0.05, 0.1) is 23.6 Å². The molecular weight excluding hydrogens is 420 g/mol. The van der Waals surface area contributed by atoms with Crippen LogP contribution in [-0.4, -0.2) is 32.5 Å². The Morgan fingerprint density at radius 1 is 1.06 bits per heavy atom. The largest absolute Gasteiger partial charge is 0.469 e. The SMILES string of the molecule is CCN(C(=O)C(C)Sc1nnc(-c2ccoc2C)n1Cc1ccccc1)c1ccccc1. The van der Waals surface area contributed by atoms with Crippen molar-refractivity contribution in [2.24, 2.45) is 0 Å². The van der Waals surface area contributed by atoms with E-state index in [4.69, 9.17) is 4.42 Å². The molecule has 4 rings (SSSR count). The van der Waals surface area contributed by atoms with Gasteiger partial charge >= 0.3 is 0 Å². The van der Waals surface area contributed by atoms with Crippen molar-refractivity contribution in [2.75, 3.05) is 11.4 Å². The number of thioether (sulfide) groups is 1. The smallest absolute Gasteiger partial charge is 0.240 e. The molecule has 4 aromatic rings. The van der Waals surface area contributed by atoms with Crippen molar-refractivity contribution in [2.45, 2.75) is 37.7 Å². The van der Waals surface area contributed by atoms with E-state index in [1.165, 1.54) is 11.8 Å². The third-order valence-electron chi connectivity index (χ3n) is 5.28. The fourth-order valence-electron chi connectivity index (χ4n) is 3.60. The van der Waals surface area contributed by atoms with Crippen LogP contribution in [0, 0.1) is 6.92 Å². The van der Waals surface area contributed by atoms with Crippen molar-refractivity contribution in [3.8, 4) is 11.4 Å².